The minimum atomic E-state index is -2.19. The summed E-state index contributed by atoms with van der Waals surface area (Å²) in [5.74, 6) is -8.74. The molecule has 0 aliphatic rings. The minimum absolute atomic E-state index is 0. The van der Waals surface area contributed by atoms with Crippen LogP contribution in [0.15, 0.2) is 30.6 Å². The number of hydrogen-bond acceptors (Lipinski definition) is 9. The molecule has 141 valence electrons. The average molecular weight is 406 g/mol. The zero-order valence-corrected chi connectivity index (χ0v) is 13.6. The van der Waals surface area contributed by atoms with E-state index in [0.29, 0.717) is 0 Å². The van der Waals surface area contributed by atoms with Gasteiger partial charge in [-0.1, -0.05) is 6.07 Å². The fourth-order valence-corrected chi connectivity index (χ4v) is 0.342. The molecule has 2 amide bonds. The molecule has 0 aliphatic carbocycles. The van der Waals surface area contributed by atoms with E-state index >= 15 is 0 Å². The second-order valence-electron chi connectivity index (χ2n) is 2.63. The third-order valence-electron chi connectivity index (χ3n) is 0.940. The summed E-state index contributed by atoms with van der Waals surface area (Å²) in [5, 5.41) is 35.7. The number of urea groups is 1. The third-order valence-corrected chi connectivity index (χ3v) is 0.940. The number of H-pyrrole nitrogens is 1. The van der Waals surface area contributed by atoms with Crippen molar-refractivity contribution in [2.45, 2.75) is 0 Å². The molecule has 1 aromatic heterocycles. The van der Waals surface area contributed by atoms with Crippen LogP contribution in [0.25, 0.3) is 0 Å². The molecular weight excluding hydrogens is 390 g/mol. The van der Waals surface area contributed by atoms with Crippen LogP contribution in [0.1, 0.15) is 0 Å². The molecule has 0 unspecified atom stereocenters. The number of pyridine rings is 1. The molecule has 0 saturated heterocycles. The van der Waals surface area contributed by atoms with Gasteiger partial charge in [-0.3, -0.25) is 0 Å². The molecular formula is C10H16CrN3O11+2. The molecule has 1 rings (SSSR count). The standard InChI is InChI=1S/C5H5N.2C2H2O4.CH4N2O.Cr.2H2O/c1-2-4-6-5-3-1;2*3-1(4)2(5)6;2-1(3)4;;;/h1-5H;2*(H,3,4)(H,5,6);(H4,2,3,4);;2*1H2/q;;;;+3;;/p-1. The predicted molar refractivity (Wildman–Crippen MR) is 66.5 cm³/mol. The molecule has 1 heterocycles. The normalized spacial score (nSPS) is 6.40. The number of carbonyl (C=O) groups is 5. The molecule has 0 bridgehead atoms. The number of carboxylic acid groups (broad SMARTS) is 4. The molecule has 11 N–H and O–H groups in total. The number of rotatable bonds is 0. The fraction of sp³-hybridized carbons (Fsp3) is 0. The summed E-state index contributed by atoms with van der Waals surface area (Å²) in [6.45, 7) is 0. The maximum Gasteiger partial charge on any atom is 3.00 e. The largest absolute Gasteiger partial charge is 3.00 e. The van der Waals surface area contributed by atoms with Crippen LogP contribution < -0.4 is 36.9 Å². The number of primary amides is 2. The van der Waals surface area contributed by atoms with Crippen molar-refractivity contribution in [3.05, 3.63) is 30.6 Å². The fourth-order valence-electron chi connectivity index (χ4n) is 0.342. The number of nitrogens with one attached hydrogen (secondary N) is 1. The van der Waals surface area contributed by atoms with Crippen LogP contribution in [-0.4, -0.2) is 29.9 Å². The van der Waals surface area contributed by atoms with Gasteiger partial charge >= 0.3 is 23.4 Å². The van der Waals surface area contributed by atoms with Gasteiger partial charge in [0.1, 0.15) is 0 Å². The van der Waals surface area contributed by atoms with Crippen LogP contribution in [0, 0.1) is 0 Å². The van der Waals surface area contributed by atoms with E-state index in [4.69, 9.17) is 44.4 Å². The van der Waals surface area contributed by atoms with Gasteiger partial charge in [0.25, 0.3) is 0 Å². The summed E-state index contributed by atoms with van der Waals surface area (Å²) >= 11 is 0. The Kier molecular flexibility index (Phi) is 38.8. The quantitative estimate of drug-likeness (QED) is 0.304. The van der Waals surface area contributed by atoms with Crippen molar-refractivity contribution in [2.75, 3.05) is 0 Å². The summed E-state index contributed by atoms with van der Waals surface area (Å²) in [6.07, 6.45) is 3.75. The van der Waals surface area contributed by atoms with E-state index in [2.05, 4.69) is 16.5 Å². The number of carboxylic acids is 4. The molecule has 1 radical (unpaired) electrons. The first kappa shape index (κ1) is 37.8. The third kappa shape index (κ3) is 63.1. The predicted octanol–water partition coefficient (Wildman–Crippen LogP) is -9.35. The van der Waals surface area contributed by atoms with Crippen molar-refractivity contribution in [1.82, 2.24) is 0 Å². The second-order valence-corrected chi connectivity index (χ2v) is 2.63. The van der Waals surface area contributed by atoms with E-state index in [9.17, 15) is 0 Å². The van der Waals surface area contributed by atoms with Crippen molar-refractivity contribution in [3.8, 4) is 0 Å². The van der Waals surface area contributed by atoms with Gasteiger partial charge in [0.05, 0.1) is 23.9 Å². The van der Waals surface area contributed by atoms with E-state index in [1.165, 1.54) is 0 Å². The van der Waals surface area contributed by atoms with Crippen LogP contribution in [-0.2, 0) is 47.5 Å². The number of aliphatic carboxylic acids is 4. The minimum Gasteiger partial charge on any atom is -0.543 e. The smallest absolute Gasteiger partial charge is 0.543 e. The number of aromatic amines is 1. The van der Waals surface area contributed by atoms with Crippen molar-refractivity contribution in [1.29, 1.82) is 0 Å². The Morgan fingerprint density at radius 1 is 0.640 bits per heavy atom. The first-order valence-electron chi connectivity index (χ1n) is 4.83. The van der Waals surface area contributed by atoms with Gasteiger partial charge in [0, 0.05) is 12.1 Å². The Balaban J connectivity index is -0.0000000468. The first-order valence-corrected chi connectivity index (χ1v) is 4.83. The van der Waals surface area contributed by atoms with Gasteiger partial charge in [-0.15, -0.1) is 0 Å². The zero-order chi connectivity index (χ0) is 18.1. The van der Waals surface area contributed by atoms with E-state index in [-0.39, 0.29) is 28.3 Å². The number of aromatic nitrogens is 1. The van der Waals surface area contributed by atoms with Crippen LogP contribution in [0.3, 0.4) is 0 Å². The van der Waals surface area contributed by atoms with Gasteiger partial charge in [0.15, 0.2) is 12.4 Å². The Bertz CT molecular complexity index is 419. The van der Waals surface area contributed by atoms with E-state index in [1.807, 2.05) is 30.6 Å². The Morgan fingerprint density at radius 3 is 0.880 bits per heavy atom. The topological polar surface area (TPSA) is 310 Å². The zero-order valence-electron chi connectivity index (χ0n) is 12.3. The van der Waals surface area contributed by atoms with Crippen LogP contribution in [0.5, 0.6) is 0 Å². The van der Waals surface area contributed by atoms with Crippen molar-refractivity contribution < 1.29 is 77.7 Å². The molecule has 0 aromatic carbocycles. The molecule has 14 nitrogen and oxygen atoms in total. The molecule has 0 fully saturated rings. The van der Waals surface area contributed by atoms with Crippen molar-refractivity contribution in [2.24, 2.45) is 11.5 Å². The number of carbonyl (C=O) groups excluding carboxylic acids is 5. The van der Waals surface area contributed by atoms with Crippen molar-refractivity contribution in [3.63, 3.8) is 0 Å². The van der Waals surface area contributed by atoms with Gasteiger partial charge in [0.2, 0.25) is 0 Å². The van der Waals surface area contributed by atoms with E-state index < -0.39 is 29.9 Å². The van der Waals surface area contributed by atoms with Crippen LogP contribution in [0.4, 0.5) is 4.79 Å². The Hall–Kier alpha value is -3.25. The number of nitrogens with two attached hydrogens (primary N) is 2. The van der Waals surface area contributed by atoms with Gasteiger partial charge < -0.3 is 62.0 Å². The van der Waals surface area contributed by atoms with E-state index in [0.717, 1.165) is 0 Å². The molecule has 15 heteroatoms. The maximum absolute atomic E-state index is 9.00. The number of amides is 2. The summed E-state index contributed by atoms with van der Waals surface area (Å²) in [6, 6.07) is 5.02. The number of hydrogen-bond donors (Lipinski definition) is 2. The summed E-state index contributed by atoms with van der Waals surface area (Å²) < 4.78 is 0. The molecule has 25 heavy (non-hydrogen) atoms. The molecule has 1 aromatic rings. The first-order chi connectivity index (χ1) is 10.0. The monoisotopic (exact) mass is 406 g/mol. The SMILES string of the molecule is NC(N)=O.O=C([O-])C(=O)[O-].O=C([O-])C(=O)[O-].[Cr+3].[OH3+].[OH3+].c1cc[nH+]cc1. The molecule has 0 saturated carbocycles. The van der Waals surface area contributed by atoms with Crippen LogP contribution in [0.2, 0.25) is 0 Å². The second kappa shape index (κ2) is 25.7. The van der Waals surface area contributed by atoms with Gasteiger partial charge in [-0.2, -0.15) is 0 Å². The summed E-state index contributed by atoms with van der Waals surface area (Å²) in [4.78, 5) is 47.6. The Labute approximate surface area is 150 Å². The molecule has 0 aliphatic heterocycles. The molecule has 0 spiro atoms. The van der Waals surface area contributed by atoms with Crippen LogP contribution >= 0.6 is 0 Å². The van der Waals surface area contributed by atoms with E-state index in [1.54, 1.807) is 0 Å². The Morgan fingerprint density at radius 2 is 0.840 bits per heavy atom. The van der Waals surface area contributed by atoms with Gasteiger partial charge in [-0.05, 0) is 0 Å². The summed E-state index contributed by atoms with van der Waals surface area (Å²) in [7, 11) is 0. The van der Waals surface area contributed by atoms with Crippen molar-refractivity contribution >= 4 is 29.9 Å². The average Bonchev–Trinajstić information content (AvgIpc) is 2.41. The summed E-state index contributed by atoms with van der Waals surface area (Å²) in [5.41, 5.74) is 8.50. The molecule has 0 atom stereocenters. The van der Waals surface area contributed by atoms with Gasteiger partial charge in [-0.25, -0.2) is 9.78 Å². The maximum atomic E-state index is 9.00.